The van der Waals surface area contributed by atoms with Crippen molar-refractivity contribution in [2.75, 3.05) is 37.8 Å². The first-order chi connectivity index (χ1) is 23.3. The minimum atomic E-state index is -3.15. The Morgan fingerprint density at radius 2 is 1.66 bits per heavy atom. The smallest absolute Gasteiger partial charge is 0.319 e. The number of H-pyrrole nitrogens is 1. The molecule has 0 saturated heterocycles. The molecule has 0 unspecified atom stereocenters. The Kier molecular flexibility index (Phi) is 15.9. The van der Waals surface area contributed by atoms with Crippen LogP contribution in [0.3, 0.4) is 0 Å². The fourth-order valence-corrected chi connectivity index (χ4v) is 5.16. The van der Waals surface area contributed by atoms with Crippen LogP contribution in [0.25, 0.3) is 11.1 Å². The predicted octanol–water partition coefficient (Wildman–Crippen LogP) is 3.37. The highest BCUT2D eigenvalue weighted by atomic mass is 32.2. The lowest BCUT2D eigenvalue weighted by atomic mass is 9.95. The molecule has 1 heterocycles. The number of hydrogen-bond acceptors (Lipinski definition) is 9. The molecule has 0 radical (unpaired) electrons. The molecule has 0 fully saturated rings. The van der Waals surface area contributed by atoms with Gasteiger partial charge in [-0.1, -0.05) is 51.1 Å². The number of hydrogen-bond donors (Lipinski definition) is 7. The maximum absolute atomic E-state index is 12.4. The molecule has 0 bridgehead atoms. The predicted molar refractivity (Wildman–Crippen MR) is 202 cm³/mol. The zero-order valence-electron chi connectivity index (χ0n) is 30.4. The Labute approximate surface area is 296 Å². The number of aromatic amines is 1. The van der Waals surface area contributed by atoms with Gasteiger partial charge in [0, 0.05) is 36.5 Å². The molecular weight excluding hydrogens is 659 g/mol. The van der Waals surface area contributed by atoms with Crippen LogP contribution < -0.4 is 43.4 Å². The quantitative estimate of drug-likeness (QED) is 0.0731. The van der Waals surface area contributed by atoms with Crippen LogP contribution in [0.15, 0.2) is 58.4 Å². The third-order valence-electron chi connectivity index (χ3n) is 6.73. The summed E-state index contributed by atoms with van der Waals surface area (Å²) in [5, 5.41) is 8.86. The van der Waals surface area contributed by atoms with Gasteiger partial charge in [0.05, 0.1) is 23.6 Å². The Balaban J connectivity index is 0.000000348. The van der Waals surface area contributed by atoms with Crippen LogP contribution in [-0.4, -0.2) is 68.4 Å². The summed E-state index contributed by atoms with van der Waals surface area (Å²) in [4.78, 5) is 35.6. The second-order valence-electron chi connectivity index (χ2n) is 14.0. The van der Waals surface area contributed by atoms with Crippen molar-refractivity contribution in [3.63, 3.8) is 0 Å². The number of ether oxygens (including phenoxy) is 1. The van der Waals surface area contributed by atoms with Crippen LogP contribution in [0, 0.1) is 0 Å². The Bertz CT molecular complexity index is 1720. The van der Waals surface area contributed by atoms with Gasteiger partial charge in [0.25, 0.3) is 5.56 Å². The number of nitrogens with two attached hydrogens (primary N) is 3. The third kappa shape index (κ3) is 16.3. The van der Waals surface area contributed by atoms with Crippen LogP contribution in [-0.2, 0) is 27.5 Å². The number of aromatic nitrogens is 2. The van der Waals surface area contributed by atoms with Gasteiger partial charge in [0.1, 0.15) is 11.6 Å². The molecule has 0 atom stereocenters. The van der Waals surface area contributed by atoms with E-state index in [2.05, 4.69) is 30.9 Å². The summed E-state index contributed by atoms with van der Waals surface area (Å²) >= 11 is 0. The number of benzene rings is 2. The van der Waals surface area contributed by atoms with Crippen molar-refractivity contribution >= 4 is 27.5 Å². The molecule has 0 aliphatic carbocycles. The molecule has 3 rings (SSSR count). The van der Waals surface area contributed by atoms with Crippen molar-refractivity contribution < 1.29 is 17.9 Å². The zero-order chi connectivity index (χ0) is 37.5. The fraction of sp³-hybridized carbons (Fsp3) is 0.486. The largest absolute Gasteiger partial charge is 0.491 e. The van der Waals surface area contributed by atoms with Gasteiger partial charge in [-0.25, -0.2) is 18.2 Å². The number of nitrogens with one attached hydrogen (secondary N) is 4. The van der Waals surface area contributed by atoms with Gasteiger partial charge >= 0.3 is 6.03 Å². The van der Waals surface area contributed by atoms with E-state index in [0.717, 1.165) is 30.6 Å². The molecule has 0 saturated carbocycles. The molecule has 50 heavy (non-hydrogen) atoms. The highest BCUT2D eigenvalue weighted by Crippen LogP contribution is 2.27. The minimum Gasteiger partial charge on any atom is -0.491 e. The number of amides is 2. The molecule has 15 heteroatoms. The van der Waals surface area contributed by atoms with Gasteiger partial charge in [-0.05, 0) is 75.5 Å². The van der Waals surface area contributed by atoms with Crippen molar-refractivity contribution in [1.29, 1.82) is 0 Å². The van der Waals surface area contributed by atoms with Crippen LogP contribution >= 0.6 is 0 Å². The number of guanidine groups is 1. The van der Waals surface area contributed by atoms with Crippen molar-refractivity contribution in [1.82, 2.24) is 20.6 Å². The number of urea groups is 1. The van der Waals surface area contributed by atoms with E-state index in [4.69, 9.17) is 21.9 Å². The first-order valence-corrected chi connectivity index (χ1v) is 18.5. The van der Waals surface area contributed by atoms with Gasteiger partial charge in [-0.2, -0.15) is 0 Å². The van der Waals surface area contributed by atoms with Gasteiger partial charge < -0.3 is 42.9 Å². The molecule has 2 amide bonds. The maximum Gasteiger partial charge on any atom is 0.319 e. The maximum atomic E-state index is 12.4. The number of carbonyl (C=O) groups excluding carboxylic acids is 1. The average molecular weight is 714 g/mol. The summed E-state index contributed by atoms with van der Waals surface area (Å²) in [6.45, 7) is 14.7. The fourth-order valence-electron chi connectivity index (χ4n) is 4.37. The lowest BCUT2D eigenvalue weighted by Crippen LogP contribution is -2.43. The van der Waals surface area contributed by atoms with E-state index in [-0.39, 0.29) is 34.3 Å². The van der Waals surface area contributed by atoms with Gasteiger partial charge in [-0.15, -0.1) is 0 Å². The van der Waals surface area contributed by atoms with E-state index < -0.39 is 9.84 Å². The van der Waals surface area contributed by atoms with Crippen molar-refractivity contribution in [2.24, 2.45) is 22.2 Å². The lowest BCUT2D eigenvalue weighted by molar-refractivity contribution is 0.243. The molecule has 0 aliphatic heterocycles. The Hall–Kier alpha value is -4.47. The number of anilines is 1. The minimum absolute atomic E-state index is 0.0886. The molecular formula is C35H55N9O5S. The van der Waals surface area contributed by atoms with E-state index in [1.165, 1.54) is 6.26 Å². The average Bonchev–Trinajstić information content (AvgIpc) is 2.98. The Morgan fingerprint density at radius 1 is 1.00 bits per heavy atom. The van der Waals surface area contributed by atoms with Crippen LogP contribution in [0.1, 0.15) is 71.3 Å². The SMILES string of the molecule is CC(C)(C)NC(=O)Nc1ccc(CS(C)(=O)=O)cc1OCCCN.CC(C)(C)c1ncc(-c2ccc(CNCCCN=C(N)N)cc2)c(=O)[nH]1. The molecule has 1 aromatic heterocycles. The lowest BCUT2D eigenvalue weighted by Gasteiger charge is -2.21. The standard InChI is InChI=1S/C19H28N6O.C16H27N3O4S/c1-19(2,3)17-24-12-15(16(26)25-17)14-7-5-13(6-8-14)11-22-9-4-10-23-18(20)21;1-16(2,3)19-15(20)18-13-7-6-12(11-24(4,21)22)10-14(13)23-9-5-8-17/h5-8,12,22H,4,9-11H2,1-3H3,(H4,20,21,23)(H,24,25,26);6-7,10H,5,8-9,11,17H2,1-4H3,(H2,18,19,20). The van der Waals surface area contributed by atoms with Crippen LogP contribution in [0.5, 0.6) is 5.75 Å². The highest BCUT2D eigenvalue weighted by molar-refractivity contribution is 7.89. The van der Waals surface area contributed by atoms with E-state index in [9.17, 15) is 18.0 Å². The first-order valence-electron chi connectivity index (χ1n) is 16.5. The second-order valence-corrected chi connectivity index (χ2v) is 16.1. The van der Waals surface area contributed by atoms with E-state index in [1.54, 1.807) is 24.4 Å². The summed E-state index contributed by atoms with van der Waals surface area (Å²) in [5.41, 5.74) is 19.0. The van der Waals surface area contributed by atoms with Gasteiger partial charge in [-0.3, -0.25) is 9.79 Å². The highest BCUT2D eigenvalue weighted by Gasteiger charge is 2.18. The van der Waals surface area contributed by atoms with E-state index >= 15 is 0 Å². The van der Waals surface area contributed by atoms with Crippen LogP contribution in [0.2, 0.25) is 0 Å². The summed E-state index contributed by atoms with van der Waals surface area (Å²) < 4.78 is 28.6. The monoisotopic (exact) mass is 713 g/mol. The van der Waals surface area contributed by atoms with Crippen molar-refractivity contribution in [2.45, 2.75) is 77.6 Å². The summed E-state index contributed by atoms with van der Waals surface area (Å²) in [6.07, 6.45) is 4.35. The molecule has 10 N–H and O–H groups in total. The third-order valence-corrected chi connectivity index (χ3v) is 7.59. The van der Waals surface area contributed by atoms with Crippen molar-refractivity contribution in [3.05, 3.63) is 76.0 Å². The topological polar surface area (TPSA) is 233 Å². The molecule has 2 aromatic carbocycles. The number of sulfone groups is 1. The number of carbonyl (C=O) groups is 1. The molecule has 3 aromatic rings. The zero-order valence-corrected chi connectivity index (χ0v) is 31.2. The first kappa shape index (κ1) is 41.7. The summed E-state index contributed by atoms with van der Waals surface area (Å²) in [6, 6.07) is 12.5. The Morgan fingerprint density at radius 3 is 2.22 bits per heavy atom. The number of aliphatic imine (C=N–C) groups is 1. The van der Waals surface area contributed by atoms with Crippen molar-refractivity contribution in [3.8, 4) is 16.9 Å². The molecule has 0 spiro atoms. The van der Waals surface area contributed by atoms with Crippen LogP contribution in [0.4, 0.5) is 10.5 Å². The normalized spacial score (nSPS) is 11.6. The number of rotatable bonds is 14. The van der Waals surface area contributed by atoms with Gasteiger partial charge in [0.15, 0.2) is 15.8 Å². The molecule has 14 nitrogen and oxygen atoms in total. The molecule has 0 aliphatic rings. The van der Waals surface area contributed by atoms with E-state index in [0.29, 0.717) is 54.5 Å². The second kappa shape index (κ2) is 19.1. The number of nitrogens with zero attached hydrogens (tertiary/aromatic N) is 2. The molecule has 276 valence electrons. The summed E-state index contributed by atoms with van der Waals surface area (Å²) in [7, 11) is -3.15. The van der Waals surface area contributed by atoms with Gasteiger partial charge in [0.2, 0.25) is 0 Å². The summed E-state index contributed by atoms with van der Waals surface area (Å²) in [5.74, 6) is 1.15. The van der Waals surface area contributed by atoms with E-state index in [1.807, 2.05) is 65.8 Å².